The van der Waals surface area contributed by atoms with E-state index in [4.69, 9.17) is 0 Å². The van der Waals surface area contributed by atoms with E-state index in [2.05, 4.69) is 4.44 Å². The number of hydrogen-bond acceptors (Lipinski definition) is 4. The predicted octanol–water partition coefficient (Wildman–Crippen LogP) is -3.00. The van der Waals surface area contributed by atoms with Crippen LogP contribution in [-0.2, 0) is 9.01 Å². The molecule has 0 aliphatic heterocycles. The van der Waals surface area contributed by atoms with E-state index in [0.717, 1.165) is 8.05 Å². The Kier molecular flexibility index (Phi) is 7.59. The van der Waals surface area contributed by atoms with Crippen molar-refractivity contribution in [2.75, 3.05) is 0 Å². The maximum Gasteiger partial charge on any atom is 2.00 e. The summed E-state index contributed by atoms with van der Waals surface area (Å²) in [4.78, 5) is 18.5. The summed E-state index contributed by atoms with van der Waals surface area (Å²) in [6, 6.07) is 0. The van der Waals surface area contributed by atoms with Crippen molar-refractivity contribution in [1.82, 2.24) is 0 Å². The number of hydrogen-bond donors (Lipinski definition) is 0. The minimum absolute atomic E-state index is 0. The van der Waals surface area contributed by atoms with Crippen LogP contribution in [0.15, 0.2) is 0 Å². The van der Waals surface area contributed by atoms with Crippen LogP contribution >= 0.6 is 7.82 Å². The van der Waals surface area contributed by atoms with Crippen molar-refractivity contribution in [3.63, 3.8) is 0 Å². The van der Waals surface area contributed by atoms with Crippen LogP contribution in [0.3, 0.4) is 0 Å². The van der Waals surface area contributed by atoms with Gasteiger partial charge in [-0.3, -0.25) is 0 Å². The van der Waals surface area contributed by atoms with E-state index in [1.807, 2.05) is 0 Å². The number of rotatable bonds is 1. The first-order valence-corrected chi connectivity index (χ1v) is 2.60. The molecule has 36 valence electrons. The standard InChI is InChI=1S/BH4O4P.Ba/c1-5-6(2,3)4;/h1H2,(H2,2,3,4);/q;+2/p-2. The summed E-state index contributed by atoms with van der Waals surface area (Å²) in [6.07, 6.45) is 0. The van der Waals surface area contributed by atoms with Crippen molar-refractivity contribution in [3.05, 3.63) is 0 Å². The van der Waals surface area contributed by atoms with E-state index >= 15 is 0 Å². The Morgan fingerprint density at radius 2 is 1.71 bits per heavy atom. The maximum absolute atomic E-state index is 9.25. The van der Waals surface area contributed by atoms with Gasteiger partial charge in [0, 0.05) is 7.82 Å². The van der Waals surface area contributed by atoms with Crippen LogP contribution in [0.5, 0.6) is 0 Å². The first-order chi connectivity index (χ1) is 2.56. The Labute approximate surface area is 82.4 Å². The van der Waals surface area contributed by atoms with Gasteiger partial charge < -0.3 is 18.8 Å². The largest absolute Gasteiger partial charge is 2.00 e. The van der Waals surface area contributed by atoms with Crippen LogP contribution < -0.4 is 9.79 Å². The first-order valence-electron chi connectivity index (χ1n) is 1.14. The molecule has 4 nitrogen and oxygen atoms in total. The summed E-state index contributed by atoms with van der Waals surface area (Å²) in [5.74, 6) is 0. The van der Waals surface area contributed by atoms with Gasteiger partial charge in [0.05, 0.1) is 0 Å². The number of phosphoric acid groups is 1. The van der Waals surface area contributed by atoms with Gasteiger partial charge in [0.15, 0.2) is 0 Å². The molecule has 0 spiro atoms. The van der Waals surface area contributed by atoms with Crippen molar-refractivity contribution in [3.8, 4) is 0 Å². The minimum atomic E-state index is -4.65. The molecule has 0 aliphatic rings. The fourth-order valence-corrected chi connectivity index (χ4v) is 0. The molecule has 0 amide bonds. The van der Waals surface area contributed by atoms with Gasteiger partial charge in [0.25, 0.3) is 8.05 Å². The van der Waals surface area contributed by atoms with Crippen LogP contribution in [0.4, 0.5) is 0 Å². The Morgan fingerprint density at radius 3 is 1.71 bits per heavy atom. The first kappa shape index (κ1) is 11.5. The quantitative estimate of drug-likeness (QED) is 0.364. The summed E-state index contributed by atoms with van der Waals surface area (Å²) >= 11 is 0. The van der Waals surface area contributed by atoms with E-state index < -0.39 is 7.82 Å². The SMILES string of the molecule is BOP(=O)([O-])[O-].[Ba+2]. The van der Waals surface area contributed by atoms with Gasteiger partial charge >= 0.3 is 48.9 Å². The summed E-state index contributed by atoms with van der Waals surface area (Å²) in [6.45, 7) is 0. The average molecular weight is 245 g/mol. The predicted molar refractivity (Wildman–Crippen MR) is 23.0 cm³/mol. The average Bonchev–Trinajstić information content (AvgIpc) is 1.35. The van der Waals surface area contributed by atoms with Gasteiger partial charge in [0.1, 0.15) is 0 Å². The molecule has 0 aromatic rings. The summed E-state index contributed by atoms with van der Waals surface area (Å²) in [5, 5.41) is 0. The van der Waals surface area contributed by atoms with Crippen molar-refractivity contribution in [2.24, 2.45) is 0 Å². The molecular weight excluding hydrogens is 243 g/mol. The van der Waals surface area contributed by atoms with Crippen LogP contribution in [0.25, 0.3) is 0 Å². The molecular formula is H2BBaO4P. The van der Waals surface area contributed by atoms with Crippen molar-refractivity contribution < 1.29 is 18.8 Å². The summed E-state index contributed by atoms with van der Waals surface area (Å²) < 4.78 is 12.6. The summed E-state index contributed by atoms with van der Waals surface area (Å²) in [5.41, 5.74) is 0. The molecule has 7 heteroatoms. The van der Waals surface area contributed by atoms with Gasteiger partial charge in [-0.1, -0.05) is 0 Å². The Morgan fingerprint density at radius 1 is 1.57 bits per heavy atom. The normalized spacial score (nSPS) is 10.0. The smallest absolute Gasteiger partial charge is 0.791 e. The molecule has 0 unspecified atom stereocenters. The van der Waals surface area contributed by atoms with Gasteiger partial charge in [-0.05, 0) is 0 Å². The van der Waals surface area contributed by atoms with Crippen molar-refractivity contribution in [1.29, 1.82) is 0 Å². The molecule has 0 bridgehead atoms. The molecule has 0 N–H and O–H groups in total. The zero-order valence-corrected chi connectivity index (χ0v) is 9.12. The van der Waals surface area contributed by atoms with Crippen LogP contribution in [0, 0.1) is 0 Å². The third kappa shape index (κ3) is 11.4. The van der Waals surface area contributed by atoms with Crippen LogP contribution in [-0.4, -0.2) is 56.9 Å². The van der Waals surface area contributed by atoms with E-state index in [1.165, 1.54) is 0 Å². The zero-order chi connectivity index (χ0) is 5.21. The van der Waals surface area contributed by atoms with E-state index in [-0.39, 0.29) is 48.9 Å². The molecule has 0 aliphatic carbocycles. The third-order valence-corrected chi connectivity index (χ3v) is 0.671. The fourth-order valence-electron chi connectivity index (χ4n) is 0. The molecule has 0 fully saturated rings. The molecule has 0 aromatic carbocycles. The molecule has 0 aromatic heterocycles. The zero-order valence-electron chi connectivity index (χ0n) is 3.79. The Hall–Kier alpha value is 1.75. The van der Waals surface area contributed by atoms with Gasteiger partial charge in [-0.2, -0.15) is 0 Å². The van der Waals surface area contributed by atoms with Crippen LogP contribution in [0.1, 0.15) is 0 Å². The second-order valence-electron chi connectivity index (χ2n) is 0.630. The van der Waals surface area contributed by atoms with Crippen LogP contribution in [0.2, 0.25) is 0 Å². The molecule has 0 radical (unpaired) electrons. The molecule has 7 heavy (non-hydrogen) atoms. The second-order valence-corrected chi connectivity index (χ2v) is 1.89. The van der Waals surface area contributed by atoms with E-state index in [1.54, 1.807) is 0 Å². The maximum atomic E-state index is 9.25. The topological polar surface area (TPSA) is 72.4 Å². The third-order valence-electron chi connectivity index (χ3n) is 0.224. The van der Waals surface area contributed by atoms with Crippen molar-refractivity contribution >= 4 is 64.8 Å². The van der Waals surface area contributed by atoms with Crippen molar-refractivity contribution in [2.45, 2.75) is 0 Å². The monoisotopic (exact) mass is 246 g/mol. The fraction of sp³-hybridized carbons (Fsp3) is 0. The summed E-state index contributed by atoms with van der Waals surface area (Å²) in [7, 11) is -3.83. The Bertz CT molecular complexity index is 75.8. The van der Waals surface area contributed by atoms with E-state index in [0.29, 0.717) is 0 Å². The Balaban J connectivity index is 0. The minimum Gasteiger partial charge on any atom is -0.791 e. The second kappa shape index (κ2) is 4.61. The van der Waals surface area contributed by atoms with Gasteiger partial charge in [-0.25, -0.2) is 0 Å². The van der Waals surface area contributed by atoms with Gasteiger partial charge in [-0.15, -0.1) is 0 Å². The molecule has 0 heterocycles. The van der Waals surface area contributed by atoms with E-state index in [9.17, 15) is 14.4 Å². The molecule has 0 atom stereocenters. The molecule has 0 rings (SSSR count). The molecule has 0 saturated carbocycles. The molecule has 0 saturated heterocycles. The van der Waals surface area contributed by atoms with Gasteiger partial charge in [0.2, 0.25) is 0 Å².